The monoisotopic (exact) mass is 465 g/mol. The maximum atomic E-state index is 13.9. The van der Waals surface area contributed by atoms with E-state index >= 15 is 0 Å². The van der Waals surface area contributed by atoms with Crippen LogP contribution in [-0.2, 0) is 4.79 Å². The van der Waals surface area contributed by atoms with Gasteiger partial charge in [0.1, 0.15) is 11.3 Å². The molecule has 1 N–H and O–H groups in total. The molecule has 170 valence electrons. The van der Waals surface area contributed by atoms with Crippen LogP contribution in [0.25, 0.3) is 39.6 Å². The summed E-state index contributed by atoms with van der Waals surface area (Å²) in [6.45, 7) is 0. The summed E-state index contributed by atoms with van der Waals surface area (Å²) in [4.78, 5) is 13.9. The zero-order valence-electron chi connectivity index (χ0n) is 19.3. The van der Waals surface area contributed by atoms with Crippen molar-refractivity contribution in [2.75, 3.05) is 0 Å². The van der Waals surface area contributed by atoms with E-state index in [1.807, 2.05) is 118 Å². The van der Waals surface area contributed by atoms with Gasteiger partial charge in [-0.1, -0.05) is 66.7 Å². The number of fused-ring (bicyclic) bond motifs is 2. The summed E-state index contributed by atoms with van der Waals surface area (Å²) in [5.74, 6) is -0.128. The van der Waals surface area contributed by atoms with E-state index in [9.17, 15) is 9.90 Å². The number of nitrogens with zero attached hydrogens (tertiary/aromatic N) is 2. The number of hydrogen-bond donors (Lipinski definition) is 1. The van der Waals surface area contributed by atoms with Crippen molar-refractivity contribution in [3.8, 4) is 11.1 Å². The summed E-state index contributed by atoms with van der Waals surface area (Å²) >= 11 is 0. The number of carbonyl (C=O) groups excluding carboxylic acids is 1. The van der Waals surface area contributed by atoms with E-state index in [0.29, 0.717) is 22.5 Å². The number of allylic oxidation sites excluding steroid dienone is 4. The molecule has 1 aliphatic heterocycles. The van der Waals surface area contributed by atoms with E-state index in [2.05, 4.69) is 12.1 Å². The maximum absolute atomic E-state index is 13.9. The Hall–Kier alpha value is -4.96. The average molecular weight is 466 g/mol. The van der Waals surface area contributed by atoms with Gasteiger partial charge in [-0.15, -0.1) is 0 Å². The van der Waals surface area contributed by atoms with Gasteiger partial charge < -0.3 is 9.51 Å². The van der Waals surface area contributed by atoms with Crippen molar-refractivity contribution in [2.45, 2.75) is 0 Å². The molecule has 0 fully saturated rings. The third-order valence-electron chi connectivity index (χ3n) is 6.93. The minimum absolute atomic E-state index is 0.0297. The zero-order valence-corrected chi connectivity index (χ0v) is 19.3. The van der Waals surface area contributed by atoms with Crippen LogP contribution in [-0.4, -0.2) is 15.3 Å². The van der Waals surface area contributed by atoms with Crippen molar-refractivity contribution in [1.82, 2.24) is 4.40 Å². The van der Waals surface area contributed by atoms with Crippen molar-refractivity contribution in [2.24, 2.45) is 0 Å². The Balaban J connectivity index is 1.49. The lowest BCUT2D eigenvalue weighted by molar-refractivity contribution is -0.577. The summed E-state index contributed by atoms with van der Waals surface area (Å²) < 4.78 is 3.97. The summed E-state index contributed by atoms with van der Waals surface area (Å²) in [6, 6.07) is 33.9. The van der Waals surface area contributed by atoms with Gasteiger partial charge in [-0.25, -0.2) is 0 Å². The first-order chi connectivity index (χ1) is 17.7. The molecular weight excluding hydrogens is 444 g/mol. The number of rotatable bonds is 3. The van der Waals surface area contributed by atoms with Crippen molar-refractivity contribution in [3.05, 3.63) is 144 Å². The molecule has 0 amide bonds. The lowest BCUT2D eigenvalue weighted by atomic mass is 9.81. The molecule has 4 nitrogen and oxygen atoms in total. The van der Waals surface area contributed by atoms with Gasteiger partial charge in [0.25, 0.3) is 0 Å². The Labute approximate surface area is 208 Å². The number of hydrogen-bond acceptors (Lipinski definition) is 2. The third kappa shape index (κ3) is 2.88. The highest BCUT2D eigenvalue weighted by molar-refractivity contribution is 6.42. The predicted molar refractivity (Wildman–Crippen MR) is 142 cm³/mol. The van der Waals surface area contributed by atoms with E-state index in [0.717, 1.165) is 33.5 Å². The molecule has 1 aliphatic carbocycles. The normalized spacial score (nSPS) is 16.8. The molecule has 0 unspecified atom stereocenters. The molecule has 0 saturated heterocycles. The van der Waals surface area contributed by atoms with Gasteiger partial charge in [0, 0.05) is 35.5 Å². The number of aliphatic hydroxyl groups is 1. The molecule has 5 aromatic rings. The first kappa shape index (κ1) is 20.4. The van der Waals surface area contributed by atoms with Crippen molar-refractivity contribution in [3.63, 3.8) is 0 Å². The standard InChI is InChI=1S/C32H20N2O2/c35-31-27(29-25(21-11-3-1-4-12-21)19-23-15-7-9-17-33(23)29)32(36)28(31)30-26(22-13-5-2-6-14-22)20-24-16-8-10-18-34(24)30/h1-20H/p+1. The zero-order chi connectivity index (χ0) is 24.2. The first-order valence-corrected chi connectivity index (χ1v) is 11.9. The molecule has 7 rings (SSSR count). The number of benzene rings is 2. The molecular formula is C32H21N2O2+. The van der Waals surface area contributed by atoms with Gasteiger partial charge in [-0.3, -0.25) is 4.79 Å². The topological polar surface area (TPSA) is 45.6 Å². The van der Waals surface area contributed by atoms with Gasteiger partial charge in [0.15, 0.2) is 6.20 Å². The molecule has 0 spiro atoms. The number of ketones is 1. The Morgan fingerprint density at radius 2 is 1.42 bits per heavy atom. The largest absolute Gasteiger partial charge is 0.506 e. The van der Waals surface area contributed by atoms with Crippen LogP contribution in [0, 0.1) is 0 Å². The van der Waals surface area contributed by atoms with Gasteiger partial charge in [0.2, 0.25) is 17.2 Å². The van der Waals surface area contributed by atoms with Crippen molar-refractivity contribution >= 4 is 34.2 Å². The molecule has 4 heteroatoms. The second-order valence-corrected chi connectivity index (χ2v) is 8.96. The molecule has 0 saturated carbocycles. The van der Waals surface area contributed by atoms with Crippen LogP contribution in [0.15, 0.2) is 127 Å². The highest BCUT2D eigenvalue weighted by atomic mass is 16.3. The number of Topliss-reactive ketones (excluding diaryl/α,β-unsaturated/α-hetero) is 1. The van der Waals surface area contributed by atoms with Gasteiger partial charge in [-0.05, 0) is 35.4 Å². The van der Waals surface area contributed by atoms with Gasteiger partial charge >= 0.3 is 0 Å². The van der Waals surface area contributed by atoms with E-state index in [4.69, 9.17) is 0 Å². The Kier molecular flexibility index (Phi) is 4.42. The molecule has 3 aromatic heterocycles. The highest BCUT2D eigenvalue weighted by Crippen LogP contribution is 2.46. The number of carbonyl (C=O) groups is 1. The molecule has 4 heterocycles. The van der Waals surface area contributed by atoms with Crippen LogP contribution in [0.4, 0.5) is 0 Å². The lowest BCUT2D eigenvalue weighted by Crippen LogP contribution is -2.37. The molecule has 2 aliphatic rings. The molecule has 0 radical (unpaired) electrons. The van der Waals surface area contributed by atoms with Crippen LogP contribution in [0.5, 0.6) is 0 Å². The maximum Gasteiger partial charge on any atom is 0.234 e. The quantitative estimate of drug-likeness (QED) is 0.254. The SMILES string of the molecule is O=C1C(=C2C(c3ccccc3)=Cc3cccc[n+]32)C(O)=C1c1c(-c2ccccc2)cc2ccccn12. The van der Waals surface area contributed by atoms with Crippen LogP contribution in [0.3, 0.4) is 0 Å². The summed E-state index contributed by atoms with van der Waals surface area (Å²) in [6.07, 6.45) is 5.94. The minimum Gasteiger partial charge on any atom is -0.506 e. The van der Waals surface area contributed by atoms with Crippen LogP contribution < -0.4 is 4.57 Å². The second kappa shape index (κ2) is 7.79. The fourth-order valence-electron chi connectivity index (χ4n) is 5.27. The van der Waals surface area contributed by atoms with Crippen LogP contribution >= 0.6 is 0 Å². The summed E-state index contributed by atoms with van der Waals surface area (Å²) in [7, 11) is 0. The molecule has 36 heavy (non-hydrogen) atoms. The third-order valence-corrected chi connectivity index (χ3v) is 6.93. The fourth-order valence-corrected chi connectivity index (χ4v) is 5.27. The fraction of sp³-hybridized carbons (Fsp3) is 0. The molecule has 0 bridgehead atoms. The van der Waals surface area contributed by atoms with E-state index in [1.165, 1.54) is 0 Å². The lowest BCUT2D eigenvalue weighted by Gasteiger charge is -2.23. The molecule has 0 atom stereocenters. The van der Waals surface area contributed by atoms with E-state index in [1.54, 1.807) is 0 Å². The summed E-state index contributed by atoms with van der Waals surface area (Å²) in [5.41, 5.74) is 7.87. The van der Waals surface area contributed by atoms with E-state index in [-0.39, 0.29) is 11.5 Å². The van der Waals surface area contributed by atoms with Crippen LogP contribution in [0.2, 0.25) is 0 Å². The number of pyridine rings is 2. The van der Waals surface area contributed by atoms with Crippen molar-refractivity contribution < 1.29 is 14.5 Å². The second-order valence-electron chi connectivity index (χ2n) is 8.96. The van der Waals surface area contributed by atoms with Crippen LogP contribution in [0.1, 0.15) is 17.0 Å². The van der Waals surface area contributed by atoms with Gasteiger partial charge in [0.05, 0.1) is 16.8 Å². The Morgan fingerprint density at radius 3 is 2.17 bits per heavy atom. The average Bonchev–Trinajstić information content (AvgIpc) is 3.49. The number of aromatic nitrogens is 2. The number of aliphatic hydroxyl groups excluding tert-OH is 1. The predicted octanol–water partition coefficient (Wildman–Crippen LogP) is 6.21. The van der Waals surface area contributed by atoms with Crippen molar-refractivity contribution in [1.29, 1.82) is 0 Å². The Morgan fingerprint density at radius 1 is 0.722 bits per heavy atom. The minimum atomic E-state index is -0.158. The summed E-state index contributed by atoms with van der Waals surface area (Å²) in [5, 5.41) is 11.5. The van der Waals surface area contributed by atoms with E-state index < -0.39 is 0 Å². The van der Waals surface area contributed by atoms with Gasteiger partial charge in [-0.2, -0.15) is 4.57 Å². The smallest absolute Gasteiger partial charge is 0.234 e. The Bertz CT molecular complexity index is 1790. The highest BCUT2D eigenvalue weighted by Gasteiger charge is 2.46. The first-order valence-electron chi connectivity index (χ1n) is 11.9. The molecule has 2 aromatic carbocycles.